The summed E-state index contributed by atoms with van der Waals surface area (Å²) in [4.78, 5) is 0. The SMILES string of the molecule is N=C(N)C(COC1CCCc2ccccc21)C(F)(F)F. The van der Waals surface area contributed by atoms with Crippen LogP contribution in [0.15, 0.2) is 24.3 Å². The number of amidine groups is 1. The van der Waals surface area contributed by atoms with Crippen molar-refractivity contribution in [3.8, 4) is 0 Å². The molecule has 0 saturated heterocycles. The summed E-state index contributed by atoms with van der Waals surface area (Å²) in [6, 6.07) is 7.62. The second-order valence-corrected chi connectivity index (χ2v) is 4.96. The Bertz CT molecular complexity index is 488. The number of hydrogen-bond acceptors (Lipinski definition) is 2. The Labute approximate surface area is 115 Å². The van der Waals surface area contributed by atoms with E-state index in [1.807, 2.05) is 24.3 Å². The molecule has 1 aliphatic rings. The van der Waals surface area contributed by atoms with Gasteiger partial charge in [0, 0.05) is 0 Å². The summed E-state index contributed by atoms with van der Waals surface area (Å²) in [5.41, 5.74) is 7.08. The molecular formula is C14H17F3N2O. The highest BCUT2D eigenvalue weighted by Gasteiger charge is 2.42. The van der Waals surface area contributed by atoms with Gasteiger partial charge in [-0.15, -0.1) is 0 Å². The molecule has 0 aliphatic heterocycles. The standard InChI is InChI=1S/C14H17F3N2O/c15-14(16,17)11(13(18)19)8-20-12-7-3-5-9-4-1-2-6-10(9)12/h1-2,4,6,11-12H,3,5,7-8H2,(H3,18,19). The molecule has 1 aromatic rings. The van der Waals surface area contributed by atoms with Gasteiger partial charge in [-0.3, -0.25) is 5.41 Å². The van der Waals surface area contributed by atoms with Crippen LogP contribution in [-0.4, -0.2) is 18.6 Å². The van der Waals surface area contributed by atoms with Gasteiger partial charge in [0.05, 0.1) is 12.7 Å². The molecule has 1 aromatic carbocycles. The quantitative estimate of drug-likeness (QED) is 0.659. The van der Waals surface area contributed by atoms with Crippen molar-refractivity contribution in [2.24, 2.45) is 11.7 Å². The van der Waals surface area contributed by atoms with Crippen molar-refractivity contribution >= 4 is 5.84 Å². The van der Waals surface area contributed by atoms with E-state index < -0.39 is 24.5 Å². The summed E-state index contributed by atoms with van der Waals surface area (Å²) < 4.78 is 43.6. The molecule has 0 fully saturated rings. The van der Waals surface area contributed by atoms with E-state index in [9.17, 15) is 13.2 Å². The van der Waals surface area contributed by atoms with Crippen LogP contribution in [-0.2, 0) is 11.2 Å². The van der Waals surface area contributed by atoms with E-state index in [1.165, 1.54) is 0 Å². The Kier molecular flexibility index (Phi) is 4.32. The molecule has 6 heteroatoms. The largest absolute Gasteiger partial charge is 0.400 e. The van der Waals surface area contributed by atoms with Crippen molar-refractivity contribution in [2.45, 2.75) is 31.5 Å². The van der Waals surface area contributed by atoms with Crippen molar-refractivity contribution in [2.75, 3.05) is 6.61 Å². The van der Waals surface area contributed by atoms with E-state index in [0.29, 0.717) is 6.42 Å². The Hall–Kier alpha value is -1.56. The first-order valence-corrected chi connectivity index (χ1v) is 6.49. The van der Waals surface area contributed by atoms with Crippen LogP contribution in [0.2, 0.25) is 0 Å². The molecule has 0 amide bonds. The number of rotatable bonds is 4. The lowest BCUT2D eigenvalue weighted by Crippen LogP contribution is -2.39. The maximum absolute atomic E-state index is 12.7. The number of benzene rings is 1. The minimum absolute atomic E-state index is 0.343. The van der Waals surface area contributed by atoms with Gasteiger partial charge in [-0.25, -0.2) is 0 Å². The zero-order chi connectivity index (χ0) is 14.8. The highest BCUT2D eigenvalue weighted by molar-refractivity contribution is 5.80. The molecule has 0 bridgehead atoms. The number of halogens is 3. The minimum atomic E-state index is -4.54. The van der Waals surface area contributed by atoms with Crippen LogP contribution in [0, 0.1) is 11.3 Å². The van der Waals surface area contributed by atoms with Crippen molar-refractivity contribution in [3.63, 3.8) is 0 Å². The van der Waals surface area contributed by atoms with Crippen molar-refractivity contribution < 1.29 is 17.9 Å². The van der Waals surface area contributed by atoms with E-state index in [1.54, 1.807) is 0 Å². The molecule has 110 valence electrons. The van der Waals surface area contributed by atoms with E-state index in [4.69, 9.17) is 15.9 Å². The summed E-state index contributed by atoms with van der Waals surface area (Å²) in [5, 5.41) is 7.05. The van der Waals surface area contributed by atoms with Gasteiger partial charge in [-0.05, 0) is 30.4 Å². The molecule has 0 radical (unpaired) electrons. The molecule has 3 nitrogen and oxygen atoms in total. The van der Waals surface area contributed by atoms with E-state index in [-0.39, 0.29) is 6.10 Å². The summed E-state index contributed by atoms with van der Waals surface area (Å²) in [7, 11) is 0. The van der Waals surface area contributed by atoms with Crippen molar-refractivity contribution in [3.05, 3.63) is 35.4 Å². The lowest BCUT2D eigenvalue weighted by molar-refractivity contribution is -0.173. The van der Waals surface area contributed by atoms with Gasteiger partial charge in [-0.1, -0.05) is 24.3 Å². The van der Waals surface area contributed by atoms with Crippen LogP contribution < -0.4 is 5.73 Å². The number of nitrogens with two attached hydrogens (primary N) is 1. The smallest absolute Gasteiger partial charge is 0.387 e. The molecule has 2 rings (SSSR count). The fourth-order valence-electron chi connectivity index (χ4n) is 2.46. The third-order valence-corrected chi connectivity index (χ3v) is 3.55. The van der Waals surface area contributed by atoms with E-state index >= 15 is 0 Å². The molecular weight excluding hydrogens is 269 g/mol. The van der Waals surface area contributed by atoms with Crippen LogP contribution in [0.3, 0.4) is 0 Å². The number of ether oxygens (including phenoxy) is 1. The summed E-state index contributed by atoms with van der Waals surface area (Å²) in [5.74, 6) is -2.93. The molecule has 2 atom stereocenters. The topological polar surface area (TPSA) is 59.1 Å². The van der Waals surface area contributed by atoms with Gasteiger partial charge < -0.3 is 10.5 Å². The average molecular weight is 286 g/mol. The first-order valence-electron chi connectivity index (χ1n) is 6.49. The zero-order valence-electron chi connectivity index (χ0n) is 10.9. The van der Waals surface area contributed by atoms with Crippen LogP contribution >= 0.6 is 0 Å². The number of aryl methyl sites for hydroxylation is 1. The highest BCUT2D eigenvalue weighted by Crippen LogP contribution is 2.34. The summed E-state index contributed by atoms with van der Waals surface area (Å²) >= 11 is 0. The van der Waals surface area contributed by atoms with Crippen molar-refractivity contribution in [1.29, 1.82) is 5.41 Å². The minimum Gasteiger partial charge on any atom is -0.387 e. The fourth-order valence-corrected chi connectivity index (χ4v) is 2.46. The predicted molar refractivity (Wildman–Crippen MR) is 69.5 cm³/mol. The van der Waals surface area contributed by atoms with Crippen LogP contribution in [0.4, 0.5) is 13.2 Å². The first kappa shape index (κ1) is 14.8. The van der Waals surface area contributed by atoms with Crippen LogP contribution in [0.25, 0.3) is 0 Å². The highest BCUT2D eigenvalue weighted by atomic mass is 19.4. The van der Waals surface area contributed by atoms with Crippen molar-refractivity contribution in [1.82, 2.24) is 0 Å². The maximum Gasteiger partial charge on any atom is 0.400 e. The second-order valence-electron chi connectivity index (χ2n) is 4.96. The first-order chi connectivity index (χ1) is 9.39. The number of fused-ring (bicyclic) bond motifs is 1. The number of nitrogens with one attached hydrogen (secondary N) is 1. The third-order valence-electron chi connectivity index (χ3n) is 3.55. The van der Waals surface area contributed by atoms with Crippen LogP contribution in [0.5, 0.6) is 0 Å². The van der Waals surface area contributed by atoms with E-state index in [2.05, 4.69) is 0 Å². The Morgan fingerprint density at radius 1 is 1.40 bits per heavy atom. The lowest BCUT2D eigenvalue weighted by Gasteiger charge is -2.28. The number of alkyl halides is 3. The molecule has 0 heterocycles. The zero-order valence-corrected chi connectivity index (χ0v) is 10.9. The number of hydrogen-bond donors (Lipinski definition) is 2. The van der Waals surface area contributed by atoms with Gasteiger partial charge >= 0.3 is 6.18 Å². The average Bonchev–Trinajstić information content (AvgIpc) is 2.37. The maximum atomic E-state index is 12.7. The van der Waals surface area contributed by atoms with Gasteiger partial charge in [-0.2, -0.15) is 13.2 Å². The molecule has 2 unspecified atom stereocenters. The Morgan fingerprint density at radius 3 is 2.75 bits per heavy atom. The summed E-state index contributed by atoms with van der Waals surface area (Å²) in [6.45, 7) is -0.599. The normalized spacial score (nSPS) is 20.2. The molecule has 0 saturated carbocycles. The Balaban J connectivity index is 2.06. The molecule has 20 heavy (non-hydrogen) atoms. The fraction of sp³-hybridized carbons (Fsp3) is 0.500. The lowest BCUT2D eigenvalue weighted by atomic mass is 9.89. The van der Waals surface area contributed by atoms with Gasteiger partial charge in [0.1, 0.15) is 11.8 Å². The molecule has 3 N–H and O–H groups in total. The molecule has 0 aromatic heterocycles. The molecule has 0 spiro atoms. The second kappa shape index (κ2) is 5.83. The summed E-state index contributed by atoms with van der Waals surface area (Å²) in [6.07, 6.45) is -2.38. The Morgan fingerprint density at radius 2 is 2.10 bits per heavy atom. The van der Waals surface area contributed by atoms with Crippen LogP contribution in [0.1, 0.15) is 30.1 Å². The monoisotopic (exact) mass is 286 g/mol. The third kappa shape index (κ3) is 3.30. The predicted octanol–water partition coefficient (Wildman–Crippen LogP) is 3.20. The van der Waals surface area contributed by atoms with Gasteiger partial charge in [0.25, 0.3) is 0 Å². The molecule has 1 aliphatic carbocycles. The van der Waals surface area contributed by atoms with Gasteiger partial charge in [0.2, 0.25) is 0 Å². The van der Waals surface area contributed by atoms with Gasteiger partial charge in [0.15, 0.2) is 0 Å². The van der Waals surface area contributed by atoms with E-state index in [0.717, 1.165) is 24.0 Å².